The molecule has 3 atom stereocenters. The fourth-order valence-corrected chi connectivity index (χ4v) is 2.63. The summed E-state index contributed by atoms with van der Waals surface area (Å²) in [5.74, 6) is 1.41. The zero-order valence-corrected chi connectivity index (χ0v) is 9.61. The summed E-state index contributed by atoms with van der Waals surface area (Å²) < 4.78 is 0. The van der Waals surface area contributed by atoms with Crippen LogP contribution in [0.25, 0.3) is 0 Å². The van der Waals surface area contributed by atoms with E-state index in [2.05, 4.69) is 24.0 Å². The van der Waals surface area contributed by atoms with Crippen LogP contribution in [0.2, 0.25) is 0 Å². The maximum absolute atomic E-state index is 6.30. The molecular formula is C13H20N2. The molecule has 1 heterocycles. The Morgan fingerprint density at radius 3 is 2.73 bits per heavy atom. The summed E-state index contributed by atoms with van der Waals surface area (Å²) in [7, 11) is 0. The third-order valence-corrected chi connectivity index (χ3v) is 3.71. The van der Waals surface area contributed by atoms with Crippen LogP contribution in [0.5, 0.6) is 0 Å². The fraction of sp³-hybridized carbons (Fsp3) is 0.615. The second-order valence-corrected chi connectivity index (χ2v) is 4.83. The van der Waals surface area contributed by atoms with E-state index in [9.17, 15) is 0 Å². The minimum Gasteiger partial charge on any atom is -0.324 e. The van der Waals surface area contributed by atoms with Crippen molar-refractivity contribution in [3.05, 3.63) is 29.6 Å². The summed E-state index contributed by atoms with van der Waals surface area (Å²) in [5.41, 5.74) is 8.56. The minimum absolute atomic E-state index is 0.176. The van der Waals surface area contributed by atoms with Crippen LogP contribution in [0.3, 0.4) is 0 Å². The first-order chi connectivity index (χ1) is 7.18. The van der Waals surface area contributed by atoms with Crippen LogP contribution in [-0.2, 0) is 0 Å². The van der Waals surface area contributed by atoms with Crippen molar-refractivity contribution in [3.8, 4) is 0 Å². The average molecular weight is 204 g/mol. The number of hydrogen-bond donors (Lipinski definition) is 1. The van der Waals surface area contributed by atoms with E-state index in [1.165, 1.54) is 24.8 Å². The van der Waals surface area contributed by atoms with Crippen LogP contribution in [0.15, 0.2) is 18.3 Å². The van der Waals surface area contributed by atoms with E-state index in [1.807, 2.05) is 13.1 Å². The van der Waals surface area contributed by atoms with Crippen molar-refractivity contribution >= 4 is 0 Å². The number of nitrogens with zero attached hydrogens (tertiary/aromatic N) is 1. The van der Waals surface area contributed by atoms with E-state index in [-0.39, 0.29) is 6.04 Å². The molecule has 0 saturated heterocycles. The molecule has 1 aliphatic carbocycles. The molecule has 1 aliphatic rings. The molecule has 3 unspecified atom stereocenters. The third kappa shape index (κ3) is 2.20. The van der Waals surface area contributed by atoms with E-state index >= 15 is 0 Å². The van der Waals surface area contributed by atoms with Crippen LogP contribution in [0.1, 0.15) is 43.5 Å². The highest BCUT2D eigenvalue weighted by molar-refractivity contribution is 5.18. The Morgan fingerprint density at radius 1 is 1.40 bits per heavy atom. The molecule has 1 aromatic rings. The van der Waals surface area contributed by atoms with Gasteiger partial charge in [0.15, 0.2) is 0 Å². The lowest BCUT2D eigenvalue weighted by atomic mass is 9.87. The molecule has 2 nitrogen and oxygen atoms in total. The van der Waals surface area contributed by atoms with Crippen LogP contribution in [-0.4, -0.2) is 4.98 Å². The standard InChI is InChI=1S/C13H20N2/c1-9-4-3-5-12(9)13(14)11-7-6-10(2)15-8-11/h6-9,12-13H,3-5,14H2,1-2H3. The second kappa shape index (κ2) is 4.31. The molecular weight excluding hydrogens is 184 g/mol. The van der Waals surface area contributed by atoms with Crippen LogP contribution in [0, 0.1) is 18.8 Å². The number of pyridine rings is 1. The second-order valence-electron chi connectivity index (χ2n) is 4.83. The molecule has 82 valence electrons. The van der Waals surface area contributed by atoms with E-state index < -0.39 is 0 Å². The van der Waals surface area contributed by atoms with Crippen LogP contribution >= 0.6 is 0 Å². The summed E-state index contributed by atoms with van der Waals surface area (Å²) in [4.78, 5) is 4.32. The summed E-state index contributed by atoms with van der Waals surface area (Å²) >= 11 is 0. The van der Waals surface area contributed by atoms with Crippen LogP contribution in [0.4, 0.5) is 0 Å². The first-order valence-corrected chi connectivity index (χ1v) is 5.86. The van der Waals surface area contributed by atoms with Crippen molar-refractivity contribution in [2.24, 2.45) is 17.6 Å². The van der Waals surface area contributed by atoms with Crippen molar-refractivity contribution in [2.75, 3.05) is 0 Å². The van der Waals surface area contributed by atoms with Gasteiger partial charge in [0.1, 0.15) is 0 Å². The molecule has 1 aromatic heterocycles. The van der Waals surface area contributed by atoms with Gasteiger partial charge in [0.2, 0.25) is 0 Å². The van der Waals surface area contributed by atoms with Gasteiger partial charge in [0.05, 0.1) is 0 Å². The predicted molar refractivity (Wildman–Crippen MR) is 62.4 cm³/mol. The lowest BCUT2D eigenvalue weighted by molar-refractivity contribution is 0.350. The van der Waals surface area contributed by atoms with Crippen molar-refractivity contribution in [1.29, 1.82) is 0 Å². The van der Waals surface area contributed by atoms with Gasteiger partial charge in [-0.05, 0) is 36.8 Å². The zero-order chi connectivity index (χ0) is 10.8. The van der Waals surface area contributed by atoms with Gasteiger partial charge in [0, 0.05) is 17.9 Å². The predicted octanol–water partition coefficient (Wildman–Crippen LogP) is 2.83. The number of rotatable bonds is 2. The lowest BCUT2D eigenvalue weighted by Gasteiger charge is -2.23. The SMILES string of the molecule is Cc1ccc(C(N)C2CCCC2C)cn1. The summed E-state index contributed by atoms with van der Waals surface area (Å²) in [5, 5.41) is 0. The monoisotopic (exact) mass is 204 g/mol. The van der Waals surface area contributed by atoms with E-state index in [0.717, 1.165) is 11.6 Å². The number of hydrogen-bond acceptors (Lipinski definition) is 2. The highest BCUT2D eigenvalue weighted by atomic mass is 14.7. The van der Waals surface area contributed by atoms with Gasteiger partial charge in [0.25, 0.3) is 0 Å². The van der Waals surface area contributed by atoms with Gasteiger partial charge in [-0.1, -0.05) is 25.8 Å². The Hall–Kier alpha value is -0.890. The molecule has 0 amide bonds. The van der Waals surface area contributed by atoms with Gasteiger partial charge >= 0.3 is 0 Å². The quantitative estimate of drug-likeness (QED) is 0.804. The smallest absolute Gasteiger partial charge is 0.0372 e. The molecule has 1 saturated carbocycles. The lowest BCUT2D eigenvalue weighted by Crippen LogP contribution is -2.23. The topological polar surface area (TPSA) is 38.9 Å². The van der Waals surface area contributed by atoms with Crippen molar-refractivity contribution in [3.63, 3.8) is 0 Å². The van der Waals surface area contributed by atoms with Crippen LogP contribution < -0.4 is 5.73 Å². The number of aryl methyl sites for hydroxylation is 1. The molecule has 0 bridgehead atoms. The average Bonchev–Trinajstić information content (AvgIpc) is 2.65. The van der Waals surface area contributed by atoms with Gasteiger partial charge in [-0.2, -0.15) is 0 Å². The molecule has 2 heteroatoms. The Kier molecular flexibility index (Phi) is 3.06. The third-order valence-electron chi connectivity index (χ3n) is 3.71. The summed E-state index contributed by atoms with van der Waals surface area (Å²) in [6, 6.07) is 4.35. The van der Waals surface area contributed by atoms with Gasteiger partial charge in [-0.25, -0.2) is 0 Å². The van der Waals surface area contributed by atoms with E-state index in [4.69, 9.17) is 5.73 Å². The van der Waals surface area contributed by atoms with E-state index in [0.29, 0.717) is 5.92 Å². The molecule has 2 N–H and O–H groups in total. The Morgan fingerprint density at radius 2 is 2.20 bits per heavy atom. The van der Waals surface area contributed by atoms with Crippen molar-refractivity contribution in [2.45, 2.75) is 39.2 Å². The first kappa shape index (κ1) is 10.6. The molecule has 0 radical (unpaired) electrons. The fourth-order valence-electron chi connectivity index (χ4n) is 2.63. The highest BCUT2D eigenvalue weighted by Crippen LogP contribution is 2.38. The van der Waals surface area contributed by atoms with Crippen molar-refractivity contribution in [1.82, 2.24) is 4.98 Å². The largest absolute Gasteiger partial charge is 0.324 e. The van der Waals surface area contributed by atoms with Gasteiger partial charge in [-0.15, -0.1) is 0 Å². The van der Waals surface area contributed by atoms with E-state index in [1.54, 1.807) is 0 Å². The molecule has 15 heavy (non-hydrogen) atoms. The summed E-state index contributed by atoms with van der Waals surface area (Å²) in [6.07, 6.45) is 5.87. The Labute approximate surface area is 91.9 Å². The summed E-state index contributed by atoms with van der Waals surface area (Å²) in [6.45, 7) is 4.33. The number of aromatic nitrogens is 1. The van der Waals surface area contributed by atoms with Gasteiger partial charge < -0.3 is 5.73 Å². The normalized spacial score (nSPS) is 27.9. The molecule has 1 fully saturated rings. The zero-order valence-electron chi connectivity index (χ0n) is 9.61. The van der Waals surface area contributed by atoms with Gasteiger partial charge in [-0.3, -0.25) is 4.98 Å². The molecule has 0 aromatic carbocycles. The molecule has 0 aliphatic heterocycles. The Balaban J connectivity index is 2.13. The van der Waals surface area contributed by atoms with Crippen molar-refractivity contribution < 1.29 is 0 Å². The molecule has 2 rings (SSSR count). The minimum atomic E-state index is 0.176. The Bertz CT molecular complexity index is 318. The maximum atomic E-state index is 6.30. The highest BCUT2D eigenvalue weighted by Gasteiger charge is 2.29. The first-order valence-electron chi connectivity index (χ1n) is 5.86. The maximum Gasteiger partial charge on any atom is 0.0372 e. The molecule has 0 spiro atoms. The number of nitrogens with two attached hydrogens (primary N) is 1.